The Morgan fingerprint density at radius 3 is 2.82 bits per heavy atom. The highest BCUT2D eigenvalue weighted by molar-refractivity contribution is 9.08. The van der Waals surface area contributed by atoms with Crippen molar-refractivity contribution in [3.05, 3.63) is 28.8 Å². The van der Waals surface area contributed by atoms with Crippen LogP contribution < -0.4 is 4.90 Å². The minimum atomic E-state index is -0.00217. The molecule has 0 saturated carbocycles. The summed E-state index contributed by atoms with van der Waals surface area (Å²) in [6.07, 6.45) is 0. The third kappa shape index (κ3) is 2.78. The average molecular weight is 319 g/mol. The van der Waals surface area contributed by atoms with Crippen molar-refractivity contribution in [2.45, 2.75) is 24.7 Å². The maximum Gasteiger partial charge on any atom is 0.0694 e. The molecule has 1 fully saturated rings. The lowest BCUT2D eigenvalue weighted by Crippen LogP contribution is -2.53. The Bertz CT molecular complexity index is 408. The van der Waals surface area contributed by atoms with Gasteiger partial charge >= 0.3 is 0 Å². The van der Waals surface area contributed by atoms with E-state index in [-0.39, 0.29) is 5.54 Å². The van der Waals surface area contributed by atoms with Crippen LogP contribution in [-0.2, 0) is 10.1 Å². The molecule has 2 nitrogen and oxygen atoms in total. The molecule has 1 aromatic carbocycles. The van der Waals surface area contributed by atoms with Gasteiger partial charge in [-0.05, 0) is 31.5 Å². The zero-order chi connectivity index (χ0) is 12.5. The monoisotopic (exact) mass is 317 g/mol. The Morgan fingerprint density at radius 2 is 2.24 bits per heavy atom. The smallest absolute Gasteiger partial charge is 0.0694 e. The van der Waals surface area contributed by atoms with Gasteiger partial charge in [-0.2, -0.15) is 0 Å². The van der Waals surface area contributed by atoms with Crippen LogP contribution in [0.25, 0.3) is 0 Å². The summed E-state index contributed by atoms with van der Waals surface area (Å²) in [4.78, 5) is 2.33. The number of anilines is 1. The highest BCUT2D eigenvalue weighted by Crippen LogP contribution is 2.33. The fourth-order valence-electron chi connectivity index (χ4n) is 2.16. The predicted molar refractivity (Wildman–Crippen MR) is 76.3 cm³/mol. The SMILES string of the molecule is CC1(C)COCCN1c1ccc(CBr)cc1Cl. The lowest BCUT2D eigenvalue weighted by Gasteiger charge is -2.44. The van der Waals surface area contributed by atoms with Crippen LogP contribution in [0.3, 0.4) is 0 Å². The molecule has 0 bridgehead atoms. The number of morpholine rings is 1. The molecule has 0 radical (unpaired) electrons. The van der Waals surface area contributed by atoms with Crippen LogP contribution in [0.2, 0.25) is 5.02 Å². The topological polar surface area (TPSA) is 12.5 Å². The first-order valence-corrected chi connectivity index (χ1v) is 7.24. The van der Waals surface area contributed by atoms with E-state index in [2.05, 4.69) is 46.8 Å². The van der Waals surface area contributed by atoms with Crippen LogP contribution in [0.1, 0.15) is 19.4 Å². The van der Waals surface area contributed by atoms with Gasteiger partial charge in [0.05, 0.1) is 29.5 Å². The Morgan fingerprint density at radius 1 is 1.47 bits per heavy atom. The molecule has 0 aromatic heterocycles. The van der Waals surface area contributed by atoms with E-state index in [1.54, 1.807) is 0 Å². The Kier molecular flexibility index (Phi) is 4.01. The largest absolute Gasteiger partial charge is 0.377 e. The summed E-state index contributed by atoms with van der Waals surface area (Å²) in [6, 6.07) is 6.24. The van der Waals surface area contributed by atoms with E-state index in [9.17, 15) is 0 Å². The summed E-state index contributed by atoms with van der Waals surface area (Å²) in [7, 11) is 0. The molecular formula is C13H17BrClNO. The van der Waals surface area contributed by atoms with E-state index in [1.165, 1.54) is 5.56 Å². The summed E-state index contributed by atoms with van der Waals surface area (Å²) in [5.41, 5.74) is 2.30. The maximum absolute atomic E-state index is 6.37. The number of ether oxygens (including phenoxy) is 1. The first kappa shape index (κ1) is 13.2. The van der Waals surface area contributed by atoms with Gasteiger partial charge in [-0.25, -0.2) is 0 Å². The van der Waals surface area contributed by atoms with E-state index in [0.29, 0.717) is 0 Å². The molecule has 4 heteroatoms. The fraction of sp³-hybridized carbons (Fsp3) is 0.538. The average Bonchev–Trinajstić information content (AvgIpc) is 2.29. The van der Waals surface area contributed by atoms with Crippen molar-refractivity contribution in [1.29, 1.82) is 0 Å². The highest BCUT2D eigenvalue weighted by Gasteiger charge is 2.31. The van der Waals surface area contributed by atoms with Crippen LogP contribution in [0.5, 0.6) is 0 Å². The number of hydrogen-bond acceptors (Lipinski definition) is 2. The molecule has 2 rings (SSSR count). The Hall–Kier alpha value is -0.250. The van der Waals surface area contributed by atoms with E-state index in [0.717, 1.165) is 35.8 Å². The highest BCUT2D eigenvalue weighted by atomic mass is 79.9. The second kappa shape index (κ2) is 5.17. The molecule has 94 valence electrons. The molecule has 1 aromatic rings. The summed E-state index contributed by atoms with van der Waals surface area (Å²) in [5.74, 6) is 0. The minimum Gasteiger partial charge on any atom is -0.377 e. The predicted octanol–water partition coefficient (Wildman–Crippen LogP) is 3.85. The fourth-order valence-corrected chi connectivity index (χ4v) is 2.81. The van der Waals surface area contributed by atoms with Gasteiger partial charge in [0, 0.05) is 11.9 Å². The van der Waals surface area contributed by atoms with Crippen LogP contribution in [0.4, 0.5) is 5.69 Å². The van der Waals surface area contributed by atoms with Gasteiger partial charge in [-0.15, -0.1) is 0 Å². The number of benzene rings is 1. The summed E-state index contributed by atoms with van der Waals surface area (Å²) < 4.78 is 5.53. The van der Waals surface area contributed by atoms with Gasteiger partial charge in [0.25, 0.3) is 0 Å². The standard InChI is InChI=1S/C13H17BrClNO/c1-13(2)9-17-6-5-16(13)12-4-3-10(8-14)7-11(12)15/h3-4,7H,5-6,8-9H2,1-2H3. The van der Waals surface area contributed by atoms with E-state index in [4.69, 9.17) is 16.3 Å². The first-order chi connectivity index (χ1) is 8.04. The molecule has 0 N–H and O–H groups in total. The molecule has 0 aliphatic carbocycles. The molecule has 1 aliphatic rings. The Balaban J connectivity index is 2.32. The summed E-state index contributed by atoms with van der Waals surface area (Å²) in [6.45, 7) is 6.76. The Labute approximate surface area is 116 Å². The maximum atomic E-state index is 6.37. The summed E-state index contributed by atoms with van der Waals surface area (Å²) >= 11 is 9.81. The van der Waals surface area contributed by atoms with Crippen molar-refractivity contribution < 1.29 is 4.74 Å². The molecule has 0 amide bonds. The van der Waals surface area contributed by atoms with Crippen LogP contribution in [0, 0.1) is 0 Å². The van der Waals surface area contributed by atoms with Crippen LogP contribution >= 0.6 is 27.5 Å². The van der Waals surface area contributed by atoms with Crippen molar-refractivity contribution in [3.63, 3.8) is 0 Å². The van der Waals surface area contributed by atoms with Crippen molar-refractivity contribution >= 4 is 33.2 Å². The minimum absolute atomic E-state index is 0.00217. The van der Waals surface area contributed by atoms with Gasteiger partial charge in [-0.1, -0.05) is 33.6 Å². The van der Waals surface area contributed by atoms with Crippen molar-refractivity contribution in [2.24, 2.45) is 0 Å². The molecule has 1 aliphatic heterocycles. The molecule has 0 spiro atoms. The quantitative estimate of drug-likeness (QED) is 0.768. The molecule has 1 saturated heterocycles. The van der Waals surface area contributed by atoms with E-state index < -0.39 is 0 Å². The van der Waals surface area contributed by atoms with Crippen molar-refractivity contribution in [1.82, 2.24) is 0 Å². The number of alkyl halides is 1. The number of nitrogens with zero attached hydrogens (tertiary/aromatic N) is 1. The summed E-state index contributed by atoms with van der Waals surface area (Å²) in [5, 5.41) is 1.65. The lowest BCUT2D eigenvalue weighted by atomic mass is 10.0. The third-order valence-corrected chi connectivity index (χ3v) is 4.05. The van der Waals surface area contributed by atoms with Gasteiger partial charge in [0.15, 0.2) is 0 Å². The third-order valence-electron chi connectivity index (χ3n) is 3.10. The van der Waals surface area contributed by atoms with Crippen molar-refractivity contribution in [3.8, 4) is 0 Å². The number of rotatable bonds is 2. The molecule has 0 atom stereocenters. The van der Waals surface area contributed by atoms with Crippen molar-refractivity contribution in [2.75, 3.05) is 24.7 Å². The molecular weight excluding hydrogens is 302 g/mol. The van der Waals surface area contributed by atoms with Gasteiger partial charge < -0.3 is 9.64 Å². The normalized spacial score (nSPS) is 19.4. The lowest BCUT2D eigenvalue weighted by molar-refractivity contribution is 0.0644. The zero-order valence-corrected chi connectivity index (χ0v) is 12.5. The van der Waals surface area contributed by atoms with E-state index in [1.807, 2.05) is 6.07 Å². The number of hydrogen-bond donors (Lipinski definition) is 0. The molecule has 17 heavy (non-hydrogen) atoms. The second-order valence-corrected chi connectivity index (χ2v) is 5.90. The zero-order valence-electron chi connectivity index (χ0n) is 10.2. The second-order valence-electron chi connectivity index (χ2n) is 4.94. The molecule has 1 heterocycles. The van der Waals surface area contributed by atoms with Gasteiger partial charge in [0.2, 0.25) is 0 Å². The van der Waals surface area contributed by atoms with E-state index >= 15 is 0 Å². The van der Waals surface area contributed by atoms with Gasteiger partial charge in [-0.3, -0.25) is 0 Å². The van der Waals surface area contributed by atoms with Crippen LogP contribution in [0.15, 0.2) is 18.2 Å². The van der Waals surface area contributed by atoms with Gasteiger partial charge in [0.1, 0.15) is 0 Å². The molecule has 0 unspecified atom stereocenters. The van der Waals surface area contributed by atoms with Crippen LogP contribution in [-0.4, -0.2) is 25.3 Å². The number of halogens is 2. The first-order valence-electron chi connectivity index (χ1n) is 5.74.